The minimum absolute atomic E-state index is 0.132. The van der Waals surface area contributed by atoms with Crippen molar-refractivity contribution in [3.05, 3.63) is 77.7 Å². The summed E-state index contributed by atoms with van der Waals surface area (Å²) in [6.07, 6.45) is 2.88. The highest BCUT2D eigenvalue weighted by Gasteiger charge is 2.15. The van der Waals surface area contributed by atoms with E-state index in [4.69, 9.17) is 4.74 Å². The molecular formula is C22H22N4O3. The third-order valence-corrected chi connectivity index (χ3v) is 4.31. The molecule has 0 atom stereocenters. The Balaban J connectivity index is 1.74. The van der Waals surface area contributed by atoms with Crippen LogP contribution in [0.2, 0.25) is 0 Å². The molecule has 3 aromatic rings. The number of carbonyl (C=O) groups is 2. The summed E-state index contributed by atoms with van der Waals surface area (Å²) in [5.41, 5.74) is 2.85. The molecule has 2 aromatic carbocycles. The second kappa shape index (κ2) is 8.97. The molecule has 7 heteroatoms. The Kier molecular flexibility index (Phi) is 6.19. The Labute approximate surface area is 169 Å². The van der Waals surface area contributed by atoms with Crippen molar-refractivity contribution >= 4 is 29.1 Å². The number of hydrogen-bond donors (Lipinski definition) is 2. The van der Waals surface area contributed by atoms with E-state index in [2.05, 4.69) is 40.5 Å². The van der Waals surface area contributed by atoms with Crippen molar-refractivity contribution in [2.75, 3.05) is 17.7 Å². The lowest BCUT2D eigenvalue weighted by atomic mass is 10.0. The summed E-state index contributed by atoms with van der Waals surface area (Å²) in [5.74, 6) is -0.116. The summed E-state index contributed by atoms with van der Waals surface area (Å²) in [5, 5.41) is 5.91. The van der Waals surface area contributed by atoms with Crippen LogP contribution < -0.4 is 10.6 Å². The SMILES string of the molecule is COC(=O)c1ccccc1NC(=O)c1cnc(Nc2ccccc2C(C)C)cn1. The van der Waals surface area contributed by atoms with Crippen LogP contribution in [-0.2, 0) is 4.74 Å². The van der Waals surface area contributed by atoms with Gasteiger partial charge in [-0.1, -0.05) is 44.2 Å². The number of nitrogens with zero attached hydrogens (tertiary/aromatic N) is 2. The summed E-state index contributed by atoms with van der Waals surface area (Å²) in [6, 6.07) is 14.6. The summed E-state index contributed by atoms with van der Waals surface area (Å²) < 4.78 is 4.74. The predicted octanol–water partition coefficient (Wildman–Crippen LogP) is 4.38. The molecule has 2 N–H and O–H groups in total. The molecule has 3 rings (SSSR count). The fraction of sp³-hybridized carbons (Fsp3) is 0.182. The van der Waals surface area contributed by atoms with Gasteiger partial charge in [-0.2, -0.15) is 0 Å². The van der Waals surface area contributed by atoms with Gasteiger partial charge in [-0.15, -0.1) is 0 Å². The number of para-hydroxylation sites is 2. The smallest absolute Gasteiger partial charge is 0.339 e. The molecule has 0 saturated carbocycles. The van der Waals surface area contributed by atoms with Crippen molar-refractivity contribution in [3.63, 3.8) is 0 Å². The Morgan fingerprint density at radius 1 is 0.931 bits per heavy atom. The quantitative estimate of drug-likeness (QED) is 0.607. The van der Waals surface area contributed by atoms with E-state index in [0.717, 1.165) is 11.3 Å². The van der Waals surface area contributed by atoms with Crippen molar-refractivity contribution in [1.82, 2.24) is 9.97 Å². The molecule has 7 nitrogen and oxygen atoms in total. The maximum Gasteiger partial charge on any atom is 0.339 e. The number of aromatic nitrogens is 2. The fourth-order valence-electron chi connectivity index (χ4n) is 2.83. The molecule has 148 valence electrons. The predicted molar refractivity (Wildman–Crippen MR) is 112 cm³/mol. The lowest BCUT2D eigenvalue weighted by Crippen LogP contribution is -2.17. The average molecular weight is 390 g/mol. The summed E-state index contributed by atoms with van der Waals surface area (Å²) in [7, 11) is 1.29. The fourth-order valence-corrected chi connectivity index (χ4v) is 2.83. The topological polar surface area (TPSA) is 93.2 Å². The number of carbonyl (C=O) groups excluding carboxylic acids is 2. The van der Waals surface area contributed by atoms with E-state index in [1.165, 1.54) is 19.5 Å². The van der Waals surface area contributed by atoms with Crippen LogP contribution in [0.1, 0.15) is 46.2 Å². The van der Waals surface area contributed by atoms with E-state index < -0.39 is 11.9 Å². The monoisotopic (exact) mass is 390 g/mol. The lowest BCUT2D eigenvalue weighted by Gasteiger charge is -2.14. The van der Waals surface area contributed by atoms with Crippen LogP contribution in [0, 0.1) is 0 Å². The summed E-state index contributed by atoms with van der Waals surface area (Å²) in [4.78, 5) is 32.8. The number of rotatable bonds is 6. The number of hydrogen-bond acceptors (Lipinski definition) is 6. The third-order valence-electron chi connectivity index (χ3n) is 4.31. The van der Waals surface area contributed by atoms with Crippen LogP contribution in [0.3, 0.4) is 0 Å². The van der Waals surface area contributed by atoms with E-state index in [9.17, 15) is 9.59 Å². The van der Waals surface area contributed by atoms with E-state index >= 15 is 0 Å². The molecule has 0 saturated heterocycles. The molecular weight excluding hydrogens is 368 g/mol. The highest BCUT2D eigenvalue weighted by Crippen LogP contribution is 2.26. The van der Waals surface area contributed by atoms with Crippen molar-refractivity contribution in [3.8, 4) is 0 Å². The minimum Gasteiger partial charge on any atom is -0.465 e. The molecule has 29 heavy (non-hydrogen) atoms. The van der Waals surface area contributed by atoms with E-state index in [1.807, 2.05) is 18.2 Å². The molecule has 0 aliphatic carbocycles. The highest BCUT2D eigenvalue weighted by atomic mass is 16.5. The average Bonchev–Trinajstić information content (AvgIpc) is 2.74. The van der Waals surface area contributed by atoms with Crippen LogP contribution >= 0.6 is 0 Å². The van der Waals surface area contributed by atoms with Gasteiger partial charge in [-0.25, -0.2) is 14.8 Å². The maximum absolute atomic E-state index is 12.5. The van der Waals surface area contributed by atoms with Gasteiger partial charge in [0.05, 0.1) is 30.8 Å². The molecule has 1 amide bonds. The number of amides is 1. The van der Waals surface area contributed by atoms with Crippen LogP contribution in [-0.4, -0.2) is 29.0 Å². The Hall–Kier alpha value is -3.74. The molecule has 0 radical (unpaired) electrons. The summed E-state index contributed by atoms with van der Waals surface area (Å²) in [6.45, 7) is 4.23. The zero-order chi connectivity index (χ0) is 20.8. The number of esters is 1. The molecule has 0 spiro atoms. The van der Waals surface area contributed by atoms with Gasteiger partial charge in [0.2, 0.25) is 0 Å². The first kappa shape index (κ1) is 20.0. The minimum atomic E-state index is -0.532. The first-order valence-electron chi connectivity index (χ1n) is 9.16. The van der Waals surface area contributed by atoms with Gasteiger partial charge in [0.1, 0.15) is 11.5 Å². The zero-order valence-corrected chi connectivity index (χ0v) is 16.5. The lowest BCUT2D eigenvalue weighted by molar-refractivity contribution is 0.0602. The van der Waals surface area contributed by atoms with Crippen LogP contribution in [0.4, 0.5) is 17.2 Å². The Bertz CT molecular complexity index is 1020. The Morgan fingerprint density at radius 3 is 2.28 bits per heavy atom. The van der Waals surface area contributed by atoms with Gasteiger partial charge < -0.3 is 15.4 Å². The van der Waals surface area contributed by atoms with Gasteiger partial charge in [-0.05, 0) is 29.7 Å². The third kappa shape index (κ3) is 4.76. The number of benzene rings is 2. The first-order valence-corrected chi connectivity index (χ1v) is 9.16. The van der Waals surface area contributed by atoms with E-state index in [1.54, 1.807) is 24.3 Å². The number of anilines is 3. The normalized spacial score (nSPS) is 10.5. The number of methoxy groups -OCH3 is 1. The number of ether oxygens (including phenoxy) is 1. The van der Waals surface area contributed by atoms with Gasteiger partial charge in [-0.3, -0.25) is 4.79 Å². The van der Waals surface area contributed by atoms with E-state index in [-0.39, 0.29) is 11.3 Å². The second-order valence-corrected chi connectivity index (χ2v) is 6.65. The number of nitrogens with one attached hydrogen (secondary N) is 2. The molecule has 1 aromatic heterocycles. The van der Waals surface area contributed by atoms with E-state index in [0.29, 0.717) is 17.4 Å². The molecule has 0 unspecified atom stereocenters. The zero-order valence-electron chi connectivity index (χ0n) is 16.5. The van der Waals surface area contributed by atoms with Crippen LogP contribution in [0.15, 0.2) is 60.9 Å². The van der Waals surface area contributed by atoms with Gasteiger partial charge >= 0.3 is 5.97 Å². The molecule has 0 fully saturated rings. The highest BCUT2D eigenvalue weighted by molar-refractivity contribution is 6.06. The van der Waals surface area contributed by atoms with Gasteiger partial charge in [0.25, 0.3) is 5.91 Å². The largest absolute Gasteiger partial charge is 0.465 e. The first-order chi connectivity index (χ1) is 14.0. The molecule has 0 bridgehead atoms. The van der Waals surface area contributed by atoms with Gasteiger partial charge in [0, 0.05) is 5.69 Å². The standard InChI is InChI=1S/C22H22N4O3/c1-14(2)15-8-4-6-10-17(15)25-20-13-23-19(12-24-20)21(27)26-18-11-7-5-9-16(18)22(28)29-3/h4-14H,1-3H3,(H,24,25)(H,26,27). The second-order valence-electron chi connectivity index (χ2n) is 6.65. The molecule has 0 aliphatic heterocycles. The van der Waals surface area contributed by atoms with Gasteiger partial charge in [0.15, 0.2) is 0 Å². The van der Waals surface area contributed by atoms with Crippen molar-refractivity contribution in [2.24, 2.45) is 0 Å². The van der Waals surface area contributed by atoms with Crippen molar-refractivity contribution < 1.29 is 14.3 Å². The molecule has 1 heterocycles. The Morgan fingerprint density at radius 2 is 1.62 bits per heavy atom. The summed E-state index contributed by atoms with van der Waals surface area (Å²) >= 11 is 0. The molecule has 0 aliphatic rings. The van der Waals surface area contributed by atoms with Crippen LogP contribution in [0.5, 0.6) is 0 Å². The van der Waals surface area contributed by atoms with Crippen molar-refractivity contribution in [1.29, 1.82) is 0 Å². The van der Waals surface area contributed by atoms with Crippen molar-refractivity contribution in [2.45, 2.75) is 19.8 Å². The maximum atomic E-state index is 12.5. The van der Waals surface area contributed by atoms with Crippen LogP contribution in [0.25, 0.3) is 0 Å².